The van der Waals surface area contributed by atoms with Crippen molar-refractivity contribution in [3.63, 3.8) is 0 Å². The van der Waals surface area contributed by atoms with Crippen LogP contribution in [0.15, 0.2) is 0 Å². The zero-order chi connectivity index (χ0) is 15.4. The normalized spacial score (nSPS) is 21.1. The largest absolute Gasteiger partial charge is 0.312 e. The molecule has 1 aliphatic heterocycles. The summed E-state index contributed by atoms with van der Waals surface area (Å²) in [5.74, 6) is 0.899. The topological polar surface area (TPSA) is 15.3 Å². The van der Waals surface area contributed by atoms with Gasteiger partial charge in [0.2, 0.25) is 0 Å². The van der Waals surface area contributed by atoms with Crippen molar-refractivity contribution in [2.75, 3.05) is 26.2 Å². The molecule has 0 aromatic rings. The van der Waals surface area contributed by atoms with Crippen LogP contribution in [-0.4, -0.2) is 37.1 Å². The first kappa shape index (κ1) is 18.0. The first-order valence-corrected chi connectivity index (χ1v) is 8.60. The summed E-state index contributed by atoms with van der Waals surface area (Å²) >= 11 is 0. The molecule has 0 spiro atoms. The van der Waals surface area contributed by atoms with Crippen molar-refractivity contribution in [2.45, 2.75) is 73.8 Å². The van der Waals surface area contributed by atoms with E-state index in [0.29, 0.717) is 16.9 Å². The molecule has 20 heavy (non-hydrogen) atoms. The first-order valence-electron chi connectivity index (χ1n) is 8.60. The van der Waals surface area contributed by atoms with Crippen molar-refractivity contribution >= 4 is 0 Å². The number of hydrogen-bond donors (Lipinski definition) is 1. The van der Waals surface area contributed by atoms with Crippen LogP contribution >= 0.6 is 0 Å². The van der Waals surface area contributed by atoms with Gasteiger partial charge in [-0.15, -0.1) is 0 Å². The number of piperidine rings is 1. The Balaban J connectivity index is 2.47. The summed E-state index contributed by atoms with van der Waals surface area (Å²) in [6.45, 7) is 21.4. The number of rotatable bonds is 5. The SMILES string of the molecule is CCCNC(CN1CCC(C(C)(C)C)CC1)C(C)(C)C. The summed E-state index contributed by atoms with van der Waals surface area (Å²) in [7, 11) is 0. The molecule has 1 fully saturated rings. The lowest BCUT2D eigenvalue weighted by molar-refractivity contribution is 0.0898. The fraction of sp³-hybridized carbons (Fsp3) is 1.00. The Kier molecular flexibility index (Phi) is 6.53. The van der Waals surface area contributed by atoms with E-state index in [4.69, 9.17) is 0 Å². The lowest BCUT2D eigenvalue weighted by Gasteiger charge is -2.42. The Hall–Kier alpha value is -0.0800. The molecule has 1 saturated heterocycles. The molecule has 0 aromatic heterocycles. The van der Waals surface area contributed by atoms with Crippen LogP contribution in [0.4, 0.5) is 0 Å². The number of hydrogen-bond acceptors (Lipinski definition) is 2. The van der Waals surface area contributed by atoms with Gasteiger partial charge in [-0.1, -0.05) is 48.5 Å². The van der Waals surface area contributed by atoms with Crippen LogP contribution in [-0.2, 0) is 0 Å². The Morgan fingerprint density at radius 2 is 1.60 bits per heavy atom. The average molecular weight is 283 g/mol. The highest BCUT2D eigenvalue weighted by atomic mass is 15.2. The van der Waals surface area contributed by atoms with Gasteiger partial charge in [0.1, 0.15) is 0 Å². The molecule has 0 saturated carbocycles. The van der Waals surface area contributed by atoms with E-state index in [1.54, 1.807) is 0 Å². The minimum Gasteiger partial charge on any atom is -0.312 e. The monoisotopic (exact) mass is 282 g/mol. The molecule has 0 aromatic carbocycles. The molecule has 1 unspecified atom stereocenters. The minimum atomic E-state index is 0.343. The van der Waals surface area contributed by atoms with Crippen molar-refractivity contribution in [1.29, 1.82) is 0 Å². The van der Waals surface area contributed by atoms with Gasteiger partial charge in [0, 0.05) is 12.6 Å². The van der Waals surface area contributed by atoms with Gasteiger partial charge in [-0.2, -0.15) is 0 Å². The molecular weight excluding hydrogens is 244 g/mol. The maximum Gasteiger partial charge on any atom is 0.0243 e. The molecule has 2 nitrogen and oxygen atoms in total. The zero-order valence-electron chi connectivity index (χ0n) is 15.1. The molecule has 1 heterocycles. The summed E-state index contributed by atoms with van der Waals surface area (Å²) in [6, 6.07) is 0.605. The molecule has 0 amide bonds. The van der Waals surface area contributed by atoms with Gasteiger partial charge < -0.3 is 10.2 Å². The Bertz CT molecular complexity index is 264. The molecule has 0 aliphatic carbocycles. The third-order valence-electron chi connectivity index (χ3n) is 4.94. The number of nitrogens with zero attached hydrogens (tertiary/aromatic N) is 1. The van der Waals surface area contributed by atoms with Gasteiger partial charge in [-0.25, -0.2) is 0 Å². The van der Waals surface area contributed by atoms with Crippen LogP contribution < -0.4 is 5.32 Å². The van der Waals surface area contributed by atoms with Crippen molar-refractivity contribution in [3.05, 3.63) is 0 Å². The first-order chi connectivity index (χ1) is 9.14. The quantitative estimate of drug-likeness (QED) is 0.814. The third-order valence-corrected chi connectivity index (χ3v) is 4.94. The molecule has 120 valence electrons. The predicted octanol–water partition coefficient (Wildman–Crippen LogP) is 4.16. The highest BCUT2D eigenvalue weighted by Gasteiger charge is 2.31. The van der Waals surface area contributed by atoms with Crippen LogP contribution in [0.25, 0.3) is 0 Å². The standard InChI is InChI=1S/C18H38N2/c1-8-11-19-16(18(5,6)7)14-20-12-9-15(10-13-20)17(2,3)4/h15-16,19H,8-14H2,1-7H3. The molecule has 1 N–H and O–H groups in total. The molecule has 1 atom stereocenters. The average Bonchev–Trinajstić information content (AvgIpc) is 2.32. The fourth-order valence-corrected chi connectivity index (χ4v) is 3.20. The molecule has 0 radical (unpaired) electrons. The number of likely N-dealkylation sites (tertiary alicyclic amines) is 1. The van der Waals surface area contributed by atoms with E-state index >= 15 is 0 Å². The van der Waals surface area contributed by atoms with Gasteiger partial charge in [0.25, 0.3) is 0 Å². The van der Waals surface area contributed by atoms with E-state index in [1.165, 1.54) is 38.9 Å². The van der Waals surface area contributed by atoms with E-state index < -0.39 is 0 Å². The summed E-state index contributed by atoms with van der Waals surface area (Å²) < 4.78 is 0. The zero-order valence-corrected chi connectivity index (χ0v) is 15.1. The Morgan fingerprint density at radius 1 is 1.05 bits per heavy atom. The van der Waals surface area contributed by atoms with Crippen molar-refractivity contribution < 1.29 is 0 Å². The molecule has 1 rings (SSSR count). The second-order valence-electron chi connectivity index (χ2n) is 8.81. The van der Waals surface area contributed by atoms with E-state index in [2.05, 4.69) is 58.7 Å². The molecule has 0 bridgehead atoms. The third kappa shape index (κ3) is 5.73. The summed E-state index contributed by atoms with van der Waals surface area (Å²) in [4.78, 5) is 2.68. The van der Waals surface area contributed by atoms with Crippen molar-refractivity contribution in [1.82, 2.24) is 10.2 Å². The lowest BCUT2D eigenvalue weighted by Crippen LogP contribution is -2.51. The van der Waals surface area contributed by atoms with Crippen LogP contribution in [0, 0.1) is 16.7 Å². The van der Waals surface area contributed by atoms with Gasteiger partial charge in [0.15, 0.2) is 0 Å². The summed E-state index contributed by atoms with van der Waals surface area (Å²) in [6.07, 6.45) is 3.96. The highest BCUT2D eigenvalue weighted by Crippen LogP contribution is 2.34. The van der Waals surface area contributed by atoms with E-state index in [9.17, 15) is 0 Å². The second-order valence-corrected chi connectivity index (χ2v) is 8.81. The van der Waals surface area contributed by atoms with Crippen LogP contribution in [0.2, 0.25) is 0 Å². The van der Waals surface area contributed by atoms with Gasteiger partial charge in [-0.3, -0.25) is 0 Å². The maximum atomic E-state index is 3.76. The van der Waals surface area contributed by atoms with Gasteiger partial charge in [-0.05, 0) is 55.6 Å². The maximum absolute atomic E-state index is 3.76. The van der Waals surface area contributed by atoms with Crippen LogP contribution in [0.3, 0.4) is 0 Å². The lowest BCUT2D eigenvalue weighted by atomic mass is 9.75. The van der Waals surface area contributed by atoms with Crippen molar-refractivity contribution in [2.24, 2.45) is 16.7 Å². The Labute approximate surface area is 127 Å². The predicted molar refractivity (Wildman–Crippen MR) is 90.2 cm³/mol. The second kappa shape index (κ2) is 7.26. The smallest absolute Gasteiger partial charge is 0.0243 e. The molecule has 2 heteroatoms. The van der Waals surface area contributed by atoms with Gasteiger partial charge in [0.05, 0.1) is 0 Å². The van der Waals surface area contributed by atoms with E-state index in [1.807, 2.05) is 0 Å². The van der Waals surface area contributed by atoms with Crippen LogP contribution in [0.1, 0.15) is 67.7 Å². The molecule has 1 aliphatic rings. The summed E-state index contributed by atoms with van der Waals surface area (Å²) in [5.41, 5.74) is 0.825. The highest BCUT2D eigenvalue weighted by molar-refractivity contribution is 4.87. The van der Waals surface area contributed by atoms with Crippen molar-refractivity contribution in [3.8, 4) is 0 Å². The molecular formula is C18H38N2. The fourth-order valence-electron chi connectivity index (χ4n) is 3.20. The Morgan fingerprint density at radius 3 is 2.00 bits per heavy atom. The van der Waals surface area contributed by atoms with Gasteiger partial charge >= 0.3 is 0 Å². The number of nitrogens with one attached hydrogen (secondary N) is 1. The van der Waals surface area contributed by atoms with E-state index in [-0.39, 0.29) is 0 Å². The van der Waals surface area contributed by atoms with E-state index in [0.717, 1.165) is 12.5 Å². The minimum absolute atomic E-state index is 0.343. The summed E-state index contributed by atoms with van der Waals surface area (Å²) in [5, 5.41) is 3.76. The van der Waals surface area contributed by atoms with Crippen LogP contribution in [0.5, 0.6) is 0 Å².